The van der Waals surface area contributed by atoms with Crippen molar-refractivity contribution in [1.82, 2.24) is 10.2 Å². The Balaban J connectivity index is 2.41. The number of methoxy groups -OCH3 is 1. The molecule has 8 nitrogen and oxygen atoms in total. The summed E-state index contributed by atoms with van der Waals surface area (Å²) in [7, 11) is -2.67. The number of hydrogen-bond acceptors (Lipinski definition) is 6. The van der Waals surface area contributed by atoms with Gasteiger partial charge in [-0.1, -0.05) is 0 Å². The van der Waals surface area contributed by atoms with Crippen molar-refractivity contribution in [2.24, 2.45) is 0 Å². The predicted molar refractivity (Wildman–Crippen MR) is 72.8 cm³/mol. The summed E-state index contributed by atoms with van der Waals surface area (Å²) in [4.78, 5) is 10.9. The summed E-state index contributed by atoms with van der Waals surface area (Å²) in [5.74, 6) is -1.19. The summed E-state index contributed by atoms with van der Waals surface area (Å²) in [6, 6.07) is 6.46. The number of anilines is 1. The number of carbonyl (C=O) groups is 1. The minimum absolute atomic E-state index is 0.0326. The van der Waals surface area contributed by atoms with E-state index in [1.807, 2.05) is 0 Å². The smallest absolute Gasteiger partial charge is 0.339 e. The van der Waals surface area contributed by atoms with Crippen LogP contribution < -0.4 is 9.46 Å². The van der Waals surface area contributed by atoms with Gasteiger partial charge in [-0.25, -0.2) is 13.2 Å². The monoisotopic (exact) mass is 309 g/mol. The highest BCUT2D eigenvalue weighted by molar-refractivity contribution is 7.92. The van der Waals surface area contributed by atoms with Crippen LogP contribution in [0.4, 0.5) is 5.82 Å². The number of aromatic nitrogens is 2. The zero-order valence-corrected chi connectivity index (χ0v) is 11.7. The lowest BCUT2D eigenvalue weighted by molar-refractivity contribution is 0.0693. The van der Waals surface area contributed by atoms with Crippen LogP contribution in [0.15, 0.2) is 41.4 Å². The van der Waals surface area contributed by atoms with Crippen LogP contribution in [0.1, 0.15) is 10.4 Å². The number of ether oxygens (including phenoxy) is 1. The van der Waals surface area contributed by atoms with E-state index < -0.39 is 16.0 Å². The molecule has 2 rings (SSSR count). The third-order valence-electron chi connectivity index (χ3n) is 2.52. The van der Waals surface area contributed by atoms with Crippen molar-refractivity contribution in [1.29, 1.82) is 0 Å². The van der Waals surface area contributed by atoms with E-state index in [1.165, 1.54) is 37.6 Å². The van der Waals surface area contributed by atoms with Crippen molar-refractivity contribution in [3.63, 3.8) is 0 Å². The molecule has 2 N–H and O–H groups in total. The van der Waals surface area contributed by atoms with E-state index in [1.54, 1.807) is 0 Å². The Morgan fingerprint density at radius 2 is 2.10 bits per heavy atom. The van der Waals surface area contributed by atoms with Crippen LogP contribution in [-0.2, 0) is 10.0 Å². The molecule has 0 amide bonds. The number of nitrogens with zero attached hydrogens (tertiary/aromatic N) is 2. The molecule has 1 aromatic heterocycles. The maximum atomic E-state index is 12.2. The second-order valence-corrected chi connectivity index (χ2v) is 5.56. The molecule has 21 heavy (non-hydrogen) atoms. The molecule has 0 aliphatic carbocycles. The van der Waals surface area contributed by atoms with Crippen molar-refractivity contribution in [3.05, 3.63) is 42.1 Å². The fourth-order valence-electron chi connectivity index (χ4n) is 1.57. The first-order chi connectivity index (χ1) is 9.94. The van der Waals surface area contributed by atoms with Gasteiger partial charge in [0.2, 0.25) is 0 Å². The summed E-state index contributed by atoms with van der Waals surface area (Å²) >= 11 is 0. The average Bonchev–Trinajstić information content (AvgIpc) is 2.47. The first kappa shape index (κ1) is 14.7. The molecule has 0 bridgehead atoms. The Labute approximate surface area is 120 Å². The fourth-order valence-corrected chi connectivity index (χ4v) is 2.60. The highest BCUT2D eigenvalue weighted by atomic mass is 32.2. The molecule has 2 aromatic rings. The highest BCUT2D eigenvalue weighted by Crippen LogP contribution is 2.23. The van der Waals surface area contributed by atoms with Crippen molar-refractivity contribution in [2.75, 3.05) is 11.8 Å². The van der Waals surface area contributed by atoms with E-state index in [0.29, 0.717) is 0 Å². The number of hydrogen-bond donors (Lipinski definition) is 2. The Morgan fingerprint density at radius 1 is 1.33 bits per heavy atom. The van der Waals surface area contributed by atoms with Crippen LogP contribution in [-0.4, -0.2) is 36.8 Å². The van der Waals surface area contributed by atoms with Crippen LogP contribution in [0.5, 0.6) is 5.75 Å². The lowest BCUT2D eigenvalue weighted by atomic mass is 10.2. The molecule has 0 saturated heterocycles. The molecule has 0 saturated carbocycles. The molecule has 0 radical (unpaired) electrons. The van der Waals surface area contributed by atoms with Gasteiger partial charge in [0.05, 0.1) is 12.0 Å². The van der Waals surface area contributed by atoms with E-state index in [2.05, 4.69) is 14.9 Å². The van der Waals surface area contributed by atoms with Gasteiger partial charge in [-0.2, -0.15) is 5.10 Å². The minimum Gasteiger partial charge on any atom is -0.496 e. The molecule has 1 heterocycles. The van der Waals surface area contributed by atoms with Crippen molar-refractivity contribution in [2.45, 2.75) is 4.90 Å². The summed E-state index contributed by atoms with van der Waals surface area (Å²) in [6.07, 6.45) is 1.40. The Bertz CT molecular complexity index is 762. The molecule has 0 unspecified atom stereocenters. The van der Waals surface area contributed by atoms with Crippen LogP contribution in [0.3, 0.4) is 0 Å². The number of carboxylic acid groups (broad SMARTS) is 1. The second kappa shape index (κ2) is 5.75. The summed E-state index contributed by atoms with van der Waals surface area (Å²) in [5.41, 5.74) is -0.250. The van der Waals surface area contributed by atoms with Gasteiger partial charge in [0.1, 0.15) is 11.3 Å². The van der Waals surface area contributed by atoms with Crippen LogP contribution in [0, 0.1) is 0 Å². The average molecular weight is 309 g/mol. The topological polar surface area (TPSA) is 118 Å². The quantitative estimate of drug-likeness (QED) is 0.845. The van der Waals surface area contributed by atoms with E-state index in [4.69, 9.17) is 9.84 Å². The third kappa shape index (κ3) is 3.26. The second-order valence-electron chi connectivity index (χ2n) is 3.88. The van der Waals surface area contributed by atoms with Gasteiger partial charge in [0, 0.05) is 6.20 Å². The largest absolute Gasteiger partial charge is 0.496 e. The van der Waals surface area contributed by atoms with Crippen molar-refractivity contribution < 1.29 is 23.1 Å². The molecule has 0 atom stereocenters. The predicted octanol–water partition coefficient (Wildman–Crippen LogP) is 0.984. The van der Waals surface area contributed by atoms with Crippen LogP contribution in [0.2, 0.25) is 0 Å². The molecule has 0 aliphatic heterocycles. The summed E-state index contributed by atoms with van der Waals surface area (Å²) in [6.45, 7) is 0. The Morgan fingerprint density at radius 3 is 2.67 bits per heavy atom. The molecular formula is C12H11N3O5S. The van der Waals surface area contributed by atoms with Gasteiger partial charge in [-0.3, -0.25) is 4.72 Å². The normalized spacial score (nSPS) is 10.9. The van der Waals surface area contributed by atoms with Gasteiger partial charge >= 0.3 is 5.97 Å². The Kier molecular flexibility index (Phi) is 4.03. The molecule has 0 fully saturated rings. The lowest BCUT2D eigenvalue weighted by Crippen LogP contribution is -2.15. The van der Waals surface area contributed by atoms with E-state index in [0.717, 1.165) is 6.07 Å². The van der Waals surface area contributed by atoms with Gasteiger partial charge in [0.25, 0.3) is 10.0 Å². The summed E-state index contributed by atoms with van der Waals surface area (Å²) in [5, 5.41) is 16.2. The van der Waals surface area contributed by atoms with E-state index in [9.17, 15) is 13.2 Å². The highest BCUT2D eigenvalue weighted by Gasteiger charge is 2.20. The summed E-state index contributed by atoms with van der Waals surface area (Å²) < 4.78 is 31.4. The number of aromatic carboxylic acids is 1. The molecule has 0 aliphatic rings. The van der Waals surface area contributed by atoms with E-state index in [-0.39, 0.29) is 22.0 Å². The number of benzene rings is 1. The molecule has 0 spiro atoms. The first-order valence-corrected chi connectivity index (χ1v) is 7.14. The van der Waals surface area contributed by atoms with Gasteiger partial charge in [0.15, 0.2) is 5.82 Å². The van der Waals surface area contributed by atoms with Gasteiger partial charge < -0.3 is 9.84 Å². The van der Waals surface area contributed by atoms with Crippen molar-refractivity contribution >= 4 is 21.8 Å². The SMILES string of the molecule is COc1ccc(S(=O)(=O)Nc2cccnn2)cc1C(=O)O. The molecule has 1 aromatic carbocycles. The zero-order valence-electron chi connectivity index (χ0n) is 10.8. The fraction of sp³-hybridized carbons (Fsp3) is 0.0833. The van der Waals surface area contributed by atoms with Crippen LogP contribution in [0.25, 0.3) is 0 Å². The first-order valence-electron chi connectivity index (χ1n) is 5.66. The minimum atomic E-state index is -3.97. The zero-order chi connectivity index (χ0) is 15.5. The molecule has 110 valence electrons. The maximum Gasteiger partial charge on any atom is 0.339 e. The van der Waals surface area contributed by atoms with Gasteiger partial charge in [-0.15, -0.1) is 5.10 Å². The third-order valence-corrected chi connectivity index (χ3v) is 3.88. The lowest BCUT2D eigenvalue weighted by Gasteiger charge is -2.09. The number of nitrogens with one attached hydrogen (secondary N) is 1. The molecule has 9 heteroatoms. The standard InChI is InChI=1S/C12H11N3O5S/c1-20-10-5-4-8(7-9(10)12(16)17)21(18,19)15-11-3-2-6-13-14-11/h2-7H,1H3,(H,14,15)(H,16,17). The van der Waals surface area contributed by atoms with E-state index >= 15 is 0 Å². The van der Waals surface area contributed by atoms with Gasteiger partial charge in [-0.05, 0) is 30.3 Å². The van der Waals surface area contributed by atoms with Crippen molar-refractivity contribution in [3.8, 4) is 5.75 Å². The number of rotatable bonds is 5. The number of carboxylic acids is 1. The van der Waals surface area contributed by atoms with Crippen LogP contribution >= 0.6 is 0 Å². The Hall–Kier alpha value is -2.68. The maximum absolute atomic E-state index is 12.2. The number of sulfonamides is 1. The molecular weight excluding hydrogens is 298 g/mol.